The molecule has 0 unspecified atom stereocenters. The fraction of sp³-hybridized carbons (Fsp3) is 0.310. The number of ether oxygens (including phenoxy) is 1. The molecule has 0 saturated carbocycles. The second-order valence-electron chi connectivity index (χ2n) is 10.3. The molecule has 6 rings (SSSR count). The van der Waals surface area contributed by atoms with Crippen molar-refractivity contribution < 1.29 is 32.5 Å². The van der Waals surface area contributed by atoms with E-state index >= 15 is 4.39 Å². The van der Waals surface area contributed by atoms with E-state index in [-0.39, 0.29) is 35.0 Å². The number of rotatable bonds is 5. The van der Waals surface area contributed by atoms with E-state index in [0.717, 1.165) is 16.1 Å². The molecule has 0 bridgehead atoms. The molecule has 42 heavy (non-hydrogen) atoms. The predicted molar refractivity (Wildman–Crippen MR) is 143 cm³/mol. The van der Waals surface area contributed by atoms with Crippen LogP contribution in [0.4, 0.5) is 17.6 Å². The summed E-state index contributed by atoms with van der Waals surface area (Å²) in [6.45, 7) is 2.63. The smallest absolute Gasteiger partial charge is 0.394 e. The van der Waals surface area contributed by atoms with Crippen LogP contribution in [0.1, 0.15) is 41.3 Å². The number of aromatic nitrogens is 6. The van der Waals surface area contributed by atoms with Crippen molar-refractivity contribution in [3.8, 4) is 16.9 Å². The molecule has 0 radical (unpaired) electrons. The Kier molecular flexibility index (Phi) is 7.03. The molecule has 0 spiro atoms. The van der Waals surface area contributed by atoms with Gasteiger partial charge in [-0.1, -0.05) is 41.6 Å². The van der Waals surface area contributed by atoms with Gasteiger partial charge >= 0.3 is 6.18 Å². The molecule has 4 atom stereocenters. The molecule has 0 amide bonds. The van der Waals surface area contributed by atoms with E-state index in [9.17, 15) is 23.4 Å². The lowest BCUT2D eigenvalue weighted by Gasteiger charge is -2.38. The average Bonchev–Trinajstić information content (AvgIpc) is 3.60. The largest absolute Gasteiger partial charge is 0.418 e. The van der Waals surface area contributed by atoms with Crippen molar-refractivity contribution in [1.29, 1.82) is 0 Å². The summed E-state index contributed by atoms with van der Waals surface area (Å²) in [5.74, 6) is -0.192. The zero-order valence-corrected chi connectivity index (χ0v) is 22.5. The van der Waals surface area contributed by atoms with E-state index in [0.29, 0.717) is 10.9 Å². The van der Waals surface area contributed by atoms with Gasteiger partial charge in [-0.2, -0.15) is 18.3 Å². The molecule has 1 fully saturated rings. The Morgan fingerprint density at radius 3 is 2.62 bits per heavy atom. The normalized spacial score (nSPS) is 21.2. The topological polar surface area (TPSA) is 111 Å². The zero-order chi connectivity index (χ0) is 29.8. The van der Waals surface area contributed by atoms with Gasteiger partial charge in [-0.05, 0) is 43.0 Å². The fourth-order valence-electron chi connectivity index (χ4n) is 5.40. The molecule has 2 aromatic heterocycles. The Labute approximate surface area is 237 Å². The minimum Gasteiger partial charge on any atom is -0.394 e. The summed E-state index contributed by atoms with van der Waals surface area (Å²) in [5, 5.41) is 34.7. The van der Waals surface area contributed by atoms with Gasteiger partial charge in [0.2, 0.25) is 0 Å². The van der Waals surface area contributed by atoms with Gasteiger partial charge in [0.1, 0.15) is 35.6 Å². The first-order valence-corrected chi connectivity index (χ1v) is 13.2. The molecule has 5 aromatic rings. The Morgan fingerprint density at radius 1 is 1.07 bits per heavy atom. The standard InChI is InChI=1S/C29H26F4N6O3/c1-15-7-10-20(29(31,32)33)22(11-15)39-28(34-16(2)36-39)24-12-23(27(41)25(14-40)42-24)38-13-21(35-37-38)19-9-8-17-5-3-4-6-18(17)26(19)30/h3-11,13,23-25,27,40-41H,12,14H2,1-2H3/t23-,24-,25-,27-/m1/s1. The van der Waals surface area contributed by atoms with Crippen molar-refractivity contribution in [3.63, 3.8) is 0 Å². The first-order chi connectivity index (χ1) is 20.0. The Balaban J connectivity index is 1.38. The van der Waals surface area contributed by atoms with Crippen LogP contribution in [-0.2, 0) is 10.9 Å². The number of aliphatic hydroxyl groups excluding tert-OH is 2. The van der Waals surface area contributed by atoms with Crippen LogP contribution in [-0.4, -0.2) is 58.8 Å². The highest BCUT2D eigenvalue weighted by molar-refractivity contribution is 5.87. The van der Waals surface area contributed by atoms with Crippen LogP contribution >= 0.6 is 0 Å². The van der Waals surface area contributed by atoms with E-state index in [4.69, 9.17) is 4.74 Å². The number of halogens is 4. The molecule has 1 aliphatic heterocycles. The Morgan fingerprint density at radius 2 is 1.86 bits per heavy atom. The fourth-order valence-corrected chi connectivity index (χ4v) is 5.40. The van der Waals surface area contributed by atoms with Gasteiger partial charge in [-0.25, -0.2) is 18.7 Å². The molecule has 218 valence electrons. The van der Waals surface area contributed by atoms with Crippen LogP contribution in [0, 0.1) is 19.7 Å². The van der Waals surface area contributed by atoms with Crippen molar-refractivity contribution in [2.45, 2.75) is 50.8 Å². The summed E-state index contributed by atoms with van der Waals surface area (Å²) in [6.07, 6.45) is -6.53. The number of benzene rings is 3. The SMILES string of the molecule is Cc1ccc(C(F)(F)F)c(-n2nc(C)nc2[C@H]2C[C@@H](n3cc(-c4ccc5ccccc5c4F)nn3)[C@@H](O)[C@@H](CO)O2)c1. The van der Waals surface area contributed by atoms with E-state index in [1.165, 1.54) is 23.0 Å². The molecule has 13 heteroatoms. The van der Waals surface area contributed by atoms with E-state index in [1.807, 2.05) is 6.07 Å². The lowest BCUT2D eigenvalue weighted by Crippen LogP contribution is -2.45. The van der Waals surface area contributed by atoms with E-state index < -0.39 is 48.5 Å². The van der Waals surface area contributed by atoms with Crippen LogP contribution in [0.3, 0.4) is 0 Å². The molecular formula is C29H26F4N6O3. The van der Waals surface area contributed by atoms with Gasteiger partial charge < -0.3 is 14.9 Å². The lowest BCUT2D eigenvalue weighted by molar-refractivity contribution is -0.161. The predicted octanol–water partition coefficient (Wildman–Crippen LogP) is 4.88. The Hall–Kier alpha value is -4.20. The third-order valence-corrected chi connectivity index (χ3v) is 7.45. The lowest BCUT2D eigenvalue weighted by atomic mass is 9.95. The van der Waals surface area contributed by atoms with Gasteiger partial charge in [0.15, 0.2) is 5.82 Å². The number of alkyl halides is 3. The highest BCUT2D eigenvalue weighted by atomic mass is 19.4. The van der Waals surface area contributed by atoms with Gasteiger partial charge in [-0.15, -0.1) is 5.10 Å². The molecule has 2 N–H and O–H groups in total. The number of hydrogen-bond acceptors (Lipinski definition) is 7. The van der Waals surface area contributed by atoms with Crippen LogP contribution in [0.5, 0.6) is 0 Å². The highest BCUT2D eigenvalue weighted by Crippen LogP contribution is 2.40. The minimum atomic E-state index is -4.66. The third kappa shape index (κ3) is 4.93. The molecule has 3 aromatic carbocycles. The number of hydrogen-bond donors (Lipinski definition) is 2. The number of nitrogens with zero attached hydrogens (tertiary/aromatic N) is 6. The van der Waals surface area contributed by atoms with Gasteiger partial charge in [0, 0.05) is 17.4 Å². The summed E-state index contributed by atoms with van der Waals surface area (Å²) < 4.78 is 65.6. The van der Waals surface area contributed by atoms with Crippen LogP contribution < -0.4 is 0 Å². The van der Waals surface area contributed by atoms with Gasteiger partial charge in [0.25, 0.3) is 0 Å². The number of fused-ring (bicyclic) bond motifs is 1. The monoisotopic (exact) mass is 582 g/mol. The summed E-state index contributed by atoms with van der Waals surface area (Å²) in [7, 11) is 0. The Bertz CT molecular complexity index is 1770. The average molecular weight is 583 g/mol. The molecule has 3 heterocycles. The first-order valence-electron chi connectivity index (χ1n) is 13.2. The van der Waals surface area contributed by atoms with Crippen molar-refractivity contribution in [1.82, 2.24) is 29.8 Å². The first kappa shape index (κ1) is 27.9. The maximum atomic E-state index is 15.4. The molecule has 0 aliphatic carbocycles. The quantitative estimate of drug-likeness (QED) is 0.284. The van der Waals surface area contributed by atoms with Crippen molar-refractivity contribution in [2.75, 3.05) is 6.61 Å². The second-order valence-corrected chi connectivity index (χ2v) is 10.3. The van der Waals surface area contributed by atoms with Gasteiger partial charge in [-0.3, -0.25) is 0 Å². The van der Waals surface area contributed by atoms with Crippen molar-refractivity contribution in [2.24, 2.45) is 0 Å². The zero-order valence-electron chi connectivity index (χ0n) is 22.5. The minimum absolute atomic E-state index is 0.00592. The molecular weight excluding hydrogens is 556 g/mol. The van der Waals surface area contributed by atoms with Crippen LogP contribution in [0.15, 0.2) is 60.8 Å². The maximum Gasteiger partial charge on any atom is 0.418 e. The summed E-state index contributed by atoms with van der Waals surface area (Å²) in [6, 6.07) is 13.2. The van der Waals surface area contributed by atoms with Crippen LogP contribution in [0.2, 0.25) is 0 Å². The maximum absolute atomic E-state index is 15.4. The summed E-state index contributed by atoms with van der Waals surface area (Å²) in [5.41, 5.74) is -0.100. The van der Waals surface area contributed by atoms with Gasteiger partial charge in [0.05, 0.1) is 30.1 Å². The second kappa shape index (κ2) is 10.6. The summed E-state index contributed by atoms with van der Waals surface area (Å²) >= 11 is 0. The molecule has 9 nitrogen and oxygen atoms in total. The molecule has 1 aliphatic rings. The van der Waals surface area contributed by atoms with E-state index in [2.05, 4.69) is 20.4 Å². The number of aryl methyl sites for hydroxylation is 2. The van der Waals surface area contributed by atoms with Crippen molar-refractivity contribution >= 4 is 10.8 Å². The number of aliphatic hydroxyl groups is 2. The molecule has 1 saturated heterocycles. The third-order valence-electron chi connectivity index (χ3n) is 7.45. The highest BCUT2D eigenvalue weighted by Gasteiger charge is 2.42. The van der Waals surface area contributed by atoms with Crippen LogP contribution in [0.25, 0.3) is 27.7 Å². The summed E-state index contributed by atoms with van der Waals surface area (Å²) in [4.78, 5) is 4.38. The van der Waals surface area contributed by atoms with Crippen molar-refractivity contribution in [3.05, 3.63) is 89.4 Å². The van der Waals surface area contributed by atoms with E-state index in [1.54, 1.807) is 44.2 Å².